The molecule has 3 aromatic rings. The van der Waals surface area contributed by atoms with Crippen molar-refractivity contribution in [1.82, 2.24) is 10.6 Å². The third-order valence-corrected chi connectivity index (χ3v) is 5.54. The first kappa shape index (κ1) is 25.0. The van der Waals surface area contributed by atoms with Crippen molar-refractivity contribution >= 4 is 33.9 Å². The van der Waals surface area contributed by atoms with Crippen molar-refractivity contribution in [1.29, 1.82) is 0 Å². The van der Waals surface area contributed by atoms with Crippen LogP contribution in [0, 0.1) is 0 Å². The Bertz CT molecular complexity index is 1110. The zero-order chi connectivity index (χ0) is 24.3. The first-order valence-electron chi connectivity index (χ1n) is 10.7. The van der Waals surface area contributed by atoms with E-state index in [-0.39, 0.29) is 19.4 Å². The second-order valence-electron chi connectivity index (χ2n) is 7.68. The minimum atomic E-state index is -1.17. The van der Waals surface area contributed by atoms with Crippen molar-refractivity contribution in [2.24, 2.45) is 0 Å². The Morgan fingerprint density at radius 1 is 0.765 bits per heavy atom. The molecule has 3 rings (SSSR count). The Kier molecular flexibility index (Phi) is 9.22. The van der Waals surface area contributed by atoms with Crippen molar-refractivity contribution in [2.75, 3.05) is 0 Å². The Morgan fingerprint density at radius 3 is 1.97 bits per heavy atom. The maximum Gasteiger partial charge on any atom is 0.408 e. The molecule has 2 amide bonds. The van der Waals surface area contributed by atoms with Crippen LogP contribution in [-0.2, 0) is 33.8 Å². The largest absolute Gasteiger partial charge is 0.480 e. The highest BCUT2D eigenvalue weighted by Crippen LogP contribution is 2.14. The van der Waals surface area contributed by atoms with E-state index in [9.17, 15) is 19.5 Å². The summed E-state index contributed by atoms with van der Waals surface area (Å²) in [6, 6.07) is 23.3. The van der Waals surface area contributed by atoms with Gasteiger partial charge in [-0.3, -0.25) is 4.79 Å². The lowest BCUT2D eigenvalue weighted by Crippen LogP contribution is -2.53. The van der Waals surface area contributed by atoms with E-state index in [1.54, 1.807) is 18.2 Å². The molecule has 176 valence electrons. The highest BCUT2D eigenvalue weighted by molar-refractivity contribution is 9.10. The summed E-state index contributed by atoms with van der Waals surface area (Å²) >= 11 is 3.36. The predicted molar refractivity (Wildman–Crippen MR) is 131 cm³/mol. The van der Waals surface area contributed by atoms with E-state index in [0.29, 0.717) is 0 Å². The predicted octanol–water partition coefficient (Wildman–Crippen LogP) is 4.10. The minimum Gasteiger partial charge on any atom is -0.480 e. The molecule has 0 saturated carbocycles. The van der Waals surface area contributed by atoms with Gasteiger partial charge in [-0.2, -0.15) is 0 Å². The molecular formula is C26H25BrN2O5. The van der Waals surface area contributed by atoms with Crippen molar-refractivity contribution < 1.29 is 24.2 Å². The molecule has 7 nitrogen and oxygen atoms in total. The summed E-state index contributed by atoms with van der Waals surface area (Å²) in [5, 5.41) is 14.8. The minimum absolute atomic E-state index is 0.0486. The second-order valence-corrected chi connectivity index (χ2v) is 8.60. The molecule has 0 bridgehead atoms. The number of carboxylic acid groups (broad SMARTS) is 1. The van der Waals surface area contributed by atoms with Gasteiger partial charge in [0.15, 0.2) is 0 Å². The van der Waals surface area contributed by atoms with Crippen LogP contribution in [0.1, 0.15) is 16.7 Å². The lowest BCUT2D eigenvalue weighted by Gasteiger charge is -2.21. The number of hydrogen-bond donors (Lipinski definition) is 3. The maximum absolute atomic E-state index is 13.1. The van der Waals surface area contributed by atoms with Gasteiger partial charge < -0.3 is 20.5 Å². The number of carbonyl (C=O) groups is 3. The monoisotopic (exact) mass is 524 g/mol. The Hall–Kier alpha value is -3.65. The molecule has 2 atom stereocenters. The van der Waals surface area contributed by atoms with Crippen molar-refractivity contribution in [2.45, 2.75) is 31.5 Å². The van der Waals surface area contributed by atoms with Crippen LogP contribution in [0.4, 0.5) is 4.79 Å². The van der Waals surface area contributed by atoms with Gasteiger partial charge in [0.1, 0.15) is 18.7 Å². The standard InChI is InChI=1S/C26H25BrN2O5/c27-21-13-7-12-20(14-21)16-23(25(31)32)28-24(30)22(15-18-8-3-1-4-9-18)29-26(33)34-17-19-10-5-2-6-11-19/h1-14,22-23H,15-17H2,(H,28,30)(H,29,33)(H,31,32)/t22-,23-/m1/s1. The number of ether oxygens (including phenoxy) is 1. The molecule has 8 heteroatoms. The first-order valence-corrected chi connectivity index (χ1v) is 11.5. The molecule has 34 heavy (non-hydrogen) atoms. The molecule has 3 N–H and O–H groups in total. The summed E-state index contributed by atoms with van der Waals surface area (Å²) in [4.78, 5) is 37.4. The molecule has 0 unspecified atom stereocenters. The van der Waals surface area contributed by atoms with Crippen LogP contribution in [0.2, 0.25) is 0 Å². The Labute approximate surface area is 206 Å². The summed E-state index contributed by atoms with van der Waals surface area (Å²) < 4.78 is 6.07. The van der Waals surface area contributed by atoms with Crippen LogP contribution in [0.15, 0.2) is 89.4 Å². The van der Waals surface area contributed by atoms with Crippen molar-refractivity contribution in [3.8, 4) is 0 Å². The van der Waals surface area contributed by atoms with Crippen LogP contribution >= 0.6 is 15.9 Å². The number of carbonyl (C=O) groups excluding carboxylic acids is 2. The molecule has 0 fully saturated rings. The number of hydrogen-bond acceptors (Lipinski definition) is 4. The SMILES string of the molecule is O=C(N[C@H](Cc1ccccc1)C(=O)N[C@H](Cc1cccc(Br)c1)C(=O)O)OCc1ccccc1. The van der Waals surface area contributed by atoms with Gasteiger partial charge in [0.2, 0.25) is 5.91 Å². The highest BCUT2D eigenvalue weighted by atomic mass is 79.9. The van der Waals surface area contributed by atoms with E-state index in [4.69, 9.17) is 4.74 Å². The number of amides is 2. The van der Waals surface area contributed by atoms with Crippen LogP contribution in [0.25, 0.3) is 0 Å². The third kappa shape index (κ3) is 8.04. The van der Waals surface area contributed by atoms with Gasteiger partial charge in [-0.15, -0.1) is 0 Å². The Morgan fingerprint density at radius 2 is 1.35 bits per heavy atom. The number of aliphatic carboxylic acids is 1. The number of nitrogens with one attached hydrogen (secondary N) is 2. The van der Waals surface area contributed by atoms with Crippen LogP contribution in [0.3, 0.4) is 0 Å². The van der Waals surface area contributed by atoms with Gasteiger partial charge in [-0.1, -0.05) is 88.7 Å². The smallest absolute Gasteiger partial charge is 0.408 e. The van der Waals surface area contributed by atoms with E-state index in [1.165, 1.54) is 0 Å². The molecule has 0 heterocycles. The van der Waals surface area contributed by atoms with E-state index in [1.807, 2.05) is 66.7 Å². The quantitative estimate of drug-likeness (QED) is 0.370. The van der Waals surface area contributed by atoms with E-state index < -0.39 is 30.1 Å². The summed E-state index contributed by atoms with van der Waals surface area (Å²) in [5.41, 5.74) is 2.36. The van der Waals surface area contributed by atoms with Gasteiger partial charge in [0, 0.05) is 17.3 Å². The van der Waals surface area contributed by atoms with E-state index in [2.05, 4.69) is 26.6 Å². The number of halogens is 1. The zero-order valence-corrected chi connectivity index (χ0v) is 19.9. The average Bonchev–Trinajstić information content (AvgIpc) is 2.83. The molecule has 0 saturated heterocycles. The maximum atomic E-state index is 13.1. The zero-order valence-electron chi connectivity index (χ0n) is 18.3. The number of rotatable bonds is 10. The van der Waals surface area contributed by atoms with Crippen LogP contribution in [-0.4, -0.2) is 35.2 Å². The lowest BCUT2D eigenvalue weighted by molar-refractivity contribution is -0.142. The summed E-state index contributed by atoms with van der Waals surface area (Å²) in [6.45, 7) is 0.0486. The molecule has 0 aliphatic heterocycles. The summed E-state index contributed by atoms with van der Waals surface area (Å²) in [5.74, 6) is -1.78. The molecule has 0 aliphatic rings. The summed E-state index contributed by atoms with van der Waals surface area (Å²) in [6.07, 6.45) is -0.494. The Balaban J connectivity index is 1.69. The topological polar surface area (TPSA) is 105 Å². The van der Waals surface area contributed by atoms with Crippen LogP contribution in [0.5, 0.6) is 0 Å². The molecule has 3 aromatic carbocycles. The molecular weight excluding hydrogens is 500 g/mol. The second kappa shape index (κ2) is 12.6. The fourth-order valence-corrected chi connectivity index (χ4v) is 3.78. The van der Waals surface area contributed by atoms with Crippen molar-refractivity contribution in [3.05, 3.63) is 106 Å². The van der Waals surface area contributed by atoms with Gasteiger partial charge >= 0.3 is 12.1 Å². The van der Waals surface area contributed by atoms with Gasteiger partial charge in [0.25, 0.3) is 0 Å². The first-order chi connectivity index (χ1) is 16.4. The van der Waals surface area contributed by atoms with E-state index >= 15 is 0 Å². The summed E-state index contributed by atoms with van der Waals surface area (Å²) in [7, 11) is 0. The van der Waals surface area contributed by atoms with Gasteiger partial charge in [0.05, 0.1) is 0 Å². The fraction of sp³-hybridized carbons (Fsp3) is 0.192. The third-order valence-electron chi connectivity index (χ3n) is 5.05. The number of alkyl carbamates (subject to hydrolysis) is 1. The average molecular weight is 525 g/mol. The highest BCUT2D eigenvalue weighted by Gasteiger charge is 2.27. The molecule has 0 radical (unpaired) electrons. The van der Waals surface area contributed by atoms with E-state index in [0.717, 1.165) is 21.2 Å². The number of benzene rings is 3. The molecule has 0 aromatic heterocycles. The van der Waals surface area contributed by atoms with Gasteiger partial charge in [-0.05, 0) is 28.8 Å². The van der Waals surface area contributed by atoms with Gasteiger partial charge in [-0.25, -0.2) is 9.59 Å². The van der Waals surface area contributed by atoms with Crippen LogP contribution < -0.4 is 10.6 Å². The molecule has 0 spiro atoms. The normalized spacial score (nSPS) is 12.3. The fourth-order valence-electron chi connectivity index (χ4n) is 3.34. The lowest BCUT2D eigenvalue weighted by atomic mass is 10.0. The van der Waals surface area contributed by atoms with Crippen molar-refractivity contribution in [3.63, 3.8) is 0 Å². The molecule has 0 aliphatic carbocycles. The number of carboxylic acids is 1.